The molecule has 0 bridgehead atoms. The van der Waals surface area contributed by atoms with E-state index in [4.69, 9.17) is 28.9 Å². The van der Waals surface area contributed by atoms with Gasteiger partial charge in [0, 0.05) is 16.6 Å². The van der Waals surface area contributed by atoms with Gasteiger partial charge < -0.3 is 10.8 Å². The van der Waals surface area contributed by atoms with Crippen molar-refractivity contribution in [3.63, 3.8) is 0 Å². The van der Waals surface area contributed by atoms with Crippen molar-refractivity contribution in [1.82, 2.24) is 0 Å². The maximum absolute atomic E-state index is 11.8. The highest BCUT2D eigenvalue weighted by atomic mass is 35.5. The Balaban J connectivity index is 0.00000280. The van der Waals surface area contributed by atoms with Gasteiger partial charge in [0.05, 0.1) is 5.69 Å². The number of carbonyl (C=O) groups excluding carboxylic acids is 1. The first-order chi connectivity index (χ1) is 13.0. The van der Waals surface area contributed by atoms with E-state index >= 15 is 0 Å². The van der Waals surface area contributed by atoms with E-state index in [1.807, 2.05) is 24.3 Å². The quantitative estimate of drug-likeness (QED) is 0.536. The average molecular weight is 443 g/mol. The van der Waals surface area contributed by atoms with Crippen molar-refractivity contribution < 1.29 is 14.7 Å². The molecule has 6 nitrogen and oxygen atoms in total. The van der Waals surface area contributed by atoms with Crippen LogP contribution in [0.2, 0.25) is 10.0 Å². The van der Waals surface area contributed by atoms with Crippen LogP contribution in [0.1, 0.15) is 29.0 Å². The molecule has 0 saturated carbocycles. The SMILES string of the molecule is Cl.NCc1ccccc1C[C@H]1C[C@H](C(=O)O)N(N=C=O)c2cc(Cl)cc(Cl)c21. The van der Waals surface area contributed by atoms with Gasteiger partial charge in [-0.2, -0.15) is 0 Å². The highest BCUT2D eigenvalue weighted by Gasteiger charge is 2.39. The van der Waals surface area contributed by atoms with Crippen molar-refractivity contribution in [2.45, 2.75) is 31.3 Å². The maximum Gasteiger partial charge on any atom is 0.328 e. The third-order valence-electron chi connectivity index (χ3n) is 4.77. The van der Waals surface area contributed by atoms with Gasteiger partial charge in [-0.05, 0) is 47.6 Å². The fourth-order valence-corrected chi connectivity index (χ4v) is 4.24. The van der Waals surface area contributed by atoms with Gasteiger partial charge in [-0.3, -0.25) is 0 Å². The smallest absolute Gasteiger partial charge is 0.328 e. The van der Waals surface area contributed by atoms with Crippen molar-refractivity contribution in [2.24, 2.45) is 10.8 Å². The Hall–Kier alpha value is -2.08. The summed E-state index contributed by atoms with van der Waals surface area (Å²) in [6, 6.07) is 9.89. The number of isocyanates is 1. The molecule has 1 aliphatic rings. The minimum Gasteiger partial charge on any atom is -0.480 e. The second kappa shape index (κ2) is 9.41. The van der Waals surface area contributed by atoms with Gasteiger partial charge in [-0.1, -0.05) is 52.6 Å². The predicted molar refractivity (Wildman–Crippen MR) is 111 cm³/mol. The van der Waals surface area contributed by atoms with E-state index in [1.54, 1.807) is 12.1 Å². The van der Waals surface area contributed by atoms with Crippen LogP contribution in [0, 0.1) is 0 Å². The molecule has 0 aliphatic carbocycles. The van der Waals surface area contributed by atoms with Gasteiger partial charge in [0.1, 0.15) is 0 Å². The number of carbonyl (C=O) groups is 1. The number of benzene rings is 2. The number of rotatable bonds is 5. The number of aliphatic carboxylic acids is 1. The monoisotopic (exact) mass is 441 g/mol. The summed E-state index contributed by atoms with van der Waals surface area (Å²) in [4.78, 5) is 22.7. The molecule has 1 aliphatic heterocycles. The third kappa shape index (κ3) is 4.32. The van der Waals surface area contributed by atoms with Crippen LogP contribution in [0.25, 0.3) is 0 Å². The van der Waals surface area contributed by atoms with E-state index in [1.165, 1.54) is 6.08 Å². The molecule has 3 N–H and O–H groups in total. The van der Waals surface area contributed by atoms with E-state index in [0.29, 0.717) is 34.3 Å². The summed E-state index contributed by atoms with van der Waals surface area (Å²) in [5.41, 5.74) is 8.97. The van der Waals surface area contributed by atoms with Gasteiger partial charge in [-0.15, -0.1) is 12.4 Å². The number of hydrazone groups is 1. The number of carboxylic acid groups (broad SMARTS) is 1. The summed E-state index contributed by atoms with van der Waals surface area (Å²) in [5.74, 6) is -1.29. The van der Waals surface area contributed by atoms with E-state index < -0.39 is 12.0 Å². The Morgan fingerprint density at radius 2 is 1.96 bits per heavy atom. The Labute approximate surface area is 178 Å². The van der Waals surface area contributed by atoms with Crippen LogP contribution in [0.5, 0.6) is 0 Å². The zero-order valence-electron chi connectivity index (χ0n) is 14.6. The molecular formula is C19H18Cl3N3O3. The number of carboxylic acids is 1. The summed E-state index contributed by atoms with van der Waals surface area (Å²) in [5, 5.41) is 15.1. The highest BCUT2D eigenvalue weighted by molar-refractivity contribution is 6.35. The maximum atomic E-state index is 11.8. The van der Waals surface area contributed by atoms with Gasteiger partial charge in [0.15, 0.2) is 6.04 Å². The zero-order valence-corrected chi connectivity index (χ0v) is 17.0. The van der Waals surface area contributed by atoms with Gasteiger partial charge in [0.25, 0.3) is 6.08 Å². The van der Waals surface area contributed by atoms with Gasteiger partial charge >= 0.3 is 5.97 Å². The lowest BCUT2D eigenvalue weighted by atomic mass is 9.81. The Kier molecular flexibility index (Phi) is 7.47. The van der Waals surface area contributed by atoms with Crippen LogP contribution in [0.4, 0.5) is 5.69 Å². The number of hydrogen-bond donors (Lipinski definition) is 2. The molecule has 0 unspecified atom stereocenters. The lowest BCUT2D eigenvalue weighted by molar-refractivity contribution is -0.139. The number of nitrogens with zero attached hydrogens (tertiary/aromatic N) is 2. The second-order valence-corrected chi connectivity index (χ2v) is 7.16. The van der Waals surface area contributed by atoms with Crippen molar-refractivity contribution >= 4 is 53.3 Å². The standard InChI is InChI=1S/C19H17Cl2N3O3.ClH/c20-14-7-15(21)18-13(5-11-3-1-2-4-12(11)9-22)6-17(19(26)27)24(23-10-25)16(18)8-14;/h1-4,7-8,13,17H,5-6,9,22H2,(H,26,27);1H/t13-,17+;/m0./s1. The van der Waals surface area contributed by atoms with Crippen LogP contribution in [0.3, 0.4) is 0 Å². The summed E-state index contributed by atoms with van der Waals surface area (Å²) in [6.45, 7) is 0.383. The second-order valence-electron chi connectivity index (χ2n) is 6.32. The topological polar surface area (TPSA) is 96.0 Å². The highest BCUT2D eigenvalue weighted by Crippen LogP contribution is 2.45. The first-order valence-electron chi connectivity index (χ1n) is 8.31. The van der Waals surface area contributed by atoms with Crippen molar-refractivity contribution in [1.29, 1.82) is 0 Å². The molecule has 2 atom stereocenters. The van der Waals surface area contributed by atoms with Crippen LogP contribution in [-0.2, 0) is 22.6 Å². The minimum absolute atomic E-state index is 0. The van der Waals surface area contributed by atoms with Crippen molar-refractivity contribution in [2.75, 3.05) is 5.01 Å². The van der Waals surface area contributed by atoms with E-state index in [-0.39, 0.29) is 24.7 Å². The minimum atomic E-state index is -1.09. The molecule has 1 heterocycles. The molecule has 2 aromatic carbocycles. The zero-order chi connectivity index (χ0) is 19.6. The average Bonchev–Trinajstić information content (AvgIpc) is 2.63. The molecule has 28 heavy (non-hydrogen) atoms. The number of anilines is 1. The normalized spacial score (nSPS) is 17.9. The molecule has 148 valence electrons. The molecule has 3 rings (SSSR count). The molecule has 0 saturated heterocycles. The molecule has 0 spiro atoms. The van der Waals surface area contributed by atoms with Crippen molar-refractivity contribution in [3.8, 4) is 0 Å². The molecule has 0 fully saturated rings. The third-order valence-corrected chi connectivity index (χ3v) is 5.30. The van der Waals surface area contributed by atoms with Crippen LogP contribution in [0.15, 0.2) is 41.5 Å². The lowest BCUT2D eigenvalue weighted by Crippen LogP contribution is -2.43. The molecule has 0 amide bonds. The van der Waals surface area contributed by atoms with Crippen molar-refractivity contribution in [3.05, 3.63) is 63.1 Å². The first-order valence-corrected chi connectivity index (χ1v) is 9.07. The van der Waals surface area contributed by atoms with Crippen LogP contribution >= 0.6 is 35.6 Å². The Morgan fingerprint density at radius 1 is 1.29 bits per heavy atom. The van der Waals surface area contributed by atoms with E-state index in [2.05, 4.69) is 5.10 Å². The molecule has 0 aromatic heterocycles. The Bertz CT molecular complexity index is 932. The summed E-state index contributed by atoms with van der Waals surface area (Å²) < 4.78 is 0. The summed E-state index contributed by atoms with van der Waals surface area (Å²) in [6.07, 6.45) is 2.21. The Morgan fingerprint density at radius 3 is 2.57 bits per heavy atom. The van der Waals surface area contributed by atoms with E-state index in [0.717, 1.165) is 16.1 Å². The summed E-state index contributed by atoms with van der Waals surface area (Å²) >= 11 is 12.6. The number of nitrogens with two attached hydrogens (primary N) is 1. The summed E-state index contributed by atoms with van der Waals surface area (Å²) in [7, 11) is 0. The molecular weight excluding hydrogens is 425 g/mol. The largest absolute Gasteiger partial charge is 0.480 e. The fourth-order valence-electron chi connectivity index (χ4n) is 3.60. The fraction of sp³-hybridized carbons (Fsp3) is 0.263. The van der Waals surface area contributed by atoms with E-state index in [9.17, 15) is 14.7 Å². The number of hydrogen-bond acceptors (Lipinski definition) is 5. The predicted octanol–water partition coefficient (Wildman–Crippen LogP) is 4.11. The van der Waals surface area contributed by atoms with Gasteiger partial charge in [0.2, 0.25) is 0 Å². The molecule has 0 radical (unpaired) electrons. The first kappa shape index (κ1) is 22.2. The van der Waals surface area contributed by atoms with Crippen LogP contribution < -0.4 is 10.7 Å². The lowest BCUT2D eigenvalue weighted by Gasteiger charge is -2.37. The number of halogens is 3. The van der Waals surface area contributed by atoms with Gasteiger partial charge in [-0.25, -0.2) is 14.6 Å². The van der Waals surface area contributed by atoms with Crippen LogP contribution in [-0.4, -0.2) is 23.2 Å². The number of fused-ring (bicyclic) bond motifs is 1. The molecule has 2 aromatic rings. The molecule has 9 heteroatoms.